The summed E-state index contributed by atoms with van der Waals surface area (Å²) in [6.45, 7) is 1.55. The highest BCUT2D eigenvalue weighted by molar-refractivity contribution is 5.23. The first-order valence-corrected chi connectivity index (χ1v) is 7.54. The van der Waals surface area contributed by atoms with Crippen LogP contribution in [0.3, 0.4) is 0 Å². The highest BCUT2D eigenvalue weighted by Gasteiger charge is 2.43. The van der Waals surface area contributed by atoms with Crippen LogP contribution in [0.25, 0.3) is 0 Å². The van der Waals surface area contributed by atoms with Crippen LogP contribution < -0.4 is 0 Å². The summed E-state index contributed by atoms with van der Waals surface area (Å²) in [5.74, 6) is 0.383. The van der Waals surface area contributed by atoms with Gasteiger partial charge in [-0.2, -0.15) is 5.06 Å². The van der Waals surface area contributed by atoms with E-state index in [4.69, 9.17) is 9.57 Å². The molecule has 2 bridgehead atoms. The van der Waals surface area contributed by atoms with Gasteiger partial charge in [0, 0.05) is 24.9 Å². The first-order chi connectivity index (χ1) is 10.4. The maximum absolute atomic E-state index is 5.95. The molecule has 0 amide bonds. The van der Waals surface area contributed by atoms with E-state index in [0.717, 1.165) is 19.6 Å². The van der Waals surface area contributed by atoms with Gasteiger partial charge in [0.2, 0.25) is 0 Å². The summed E-state index contributed by atoms with van der Waals surface area (Å²) in [5.41, 5.74) is 2.61. The van der Waals surface area contributed by atoms with Crippen LogP contribution in [-0.2, 0) is 16.1 Å². The lowest BCUT2D eigenvalue weighted by atomic mass is 9.88. The molecular weight excluding hydrogens is 262 g/mol. The number of benzene rings is 2. The second kappa shape index (κ2) is 5.60. The molecule has 2 heterocycles. The summed E-state index contributed by atoms with van der Waals surface area (Å²) in [5, 5.41) is 2.12. The molecule has 0 spiro atoms. The van der Waals surface area contributed by atoms with Gasteiger partial charge in [0.1, 0.15) is 0 Å². The van der Waals surface area contributed by atoms with Crippen molar-refractivity contribution in [3.8, 4) is 0 Å². The van der Waals surface area contributed by atoms with E-state index in [1.807, 2.05) is 6.07 Å². The van der Waals surface area contributed by atoms with Gasteiger partial charge in [0.25, 0.3) is 0 Å². The van der Waals surface area contributed by atoms with Gasteiger partial charge >= 0.3 is 0 Å². The van der Waals surface area contributed by atoms with Gasteiger partial charge in [-0.15, -0.1) is 0 Å². The minimum Gasteiger partial charge on any atom is -0.350 e. The van der Waals surface area contributed by atoms with Gasteiger partial charge in [-0.1, -0.05) is 60.7 Å². The van der Waals surface area contributed by atoms with E-state index in [-0.39, 0.29) is 6.29 Å². The number of nitrogens with zero attached hydrogens (tertiary/aromatic N) is 1. The quantitative estimate of drug-likeness (QED) is 0.861. The molecule has 2 aliphatic heterocycles. The maximum atomic E-state index is 5.95. The predicted octanol–water partition coefficient (Wildman–Crippen LogP) is 3.33. The molecule has 2 aromatic rings. The van der Waals surface area contributed by atoms with Crippen molar-refractivity contribution < 1.29 is 9.57 Å². The molecule has 2 fully saturated rings. The van der Waals surface area contributed by atoms with Crippen molar-refractivity contribution in [2.45, 2.75) is 31.2 Å². The van der Waals surface area contributed by atoms with Crippen molar-refractivity contribution in [2.75, 3.05) is 6.61 Å². The topological polar surface area (TPSA) is 21.7 Å². The molecule has 0 aromatic heterocycles. The Hall–Kier alpha value is -1.68. The fourth-order valence-corrected chi connectivity index (χ4v) is 3.31. The lowest BCUT2D eigenvalue weighted by molar-refractivity contribution is -0.228. The molecule has 0 aliphatic carbocycles. The zero-order valence-corrected chi connectivity index (χ0v) is 11.9. The first kappa shape index (κ1) is 13.0. The molecule has 2 saturated heterocycles. The number of hydrogen-bond donors (Lipinski definition) is 0. The molecule has 108 valence electrons. The molecular formula is C18H19NO2. The summed E-state index contributed by atoms with van der Waals surface area (Å²) in [7, 11) is 0. The zero-order valence-electron chi connectivity index (χ0n) is 11.9. The average Bonchev–Trinajstić information content (AvgIpc) is 2.85. The highest BCUT2D eigenvalue weighted by atomic mass is 16.8. The molecule has 2 aliphatic rings. The molecule has 2 aromatic carbocycles. The van der Waals surface area contributed by atoms with Gasteiger partial charge in [-0.05, 0) is 11.1 Å². The summed E-state index contributed by atoms with van der Waals surface area (Å²) in [4.78, 5) is 5.95. The smallest absolute Gasteiger partial charge is 0.179 e. The first-order valence-electron chi connectivity index (χ1n) is 7.54. The molecule has 0 radical (unpaired) electrons. The van der Waals surface area contributed by atoms with Crippen molar-refractivity contribution in [2.24, 2.45) is 0 Å². The number of hydroxylamine groups is 2. The van der Waals surface area contributed by atoms with Crippen LogP contribution in [0.4, 0.5) is 0 Å². The van der Waals surface area contributed by atoms with Crippen LogP contribution >= 0.6 is 0 Å². The molecule has 0 N–H and O–H groups in total. The summed E-state index contributed by atoms with van der Waals surface area (Å²) >= 11 is 0. The Kier molecular flexibility index (Phi) is 3.47. The van der Waals surface area contributed by atoms with E-state index in [1.165, 1.54) is 11.1 Å². The molecule has 3 unspecified atom stereocenters. The fraction of sp³-hybridized carbons (Fsp3) is 0.333. The molecule has 3 atom stereocenters. The monoisotopic (exact) mass is 281 g/mol. The third kappa shape index (κ3) is 2.60. The maximum Gasteiger partial charge on any atom is 0.179 e. The third-order valence-electron chi connectivity index (χ3n) is 4.39. The van der Waals surface area contributed by atoms with Crippen molar-refractivity contribution in [1.82, 2.24) is 5.06 Å². The predicted molar refractivity (Wildman–Crippen MR) is 80.4 cm³/mol. The lowest BCUT2D eigenvalue weighted by Gasteiger charge is -2.30. The summed E-state index contributed by atoms with van der Waals surface area (Å²) in [6, 6.07) is 21.5. The molecule has 3 nitrogen and oxygen atoms in total. The Balaban J connectivity index is 1.56. The number of fused-ring (bicyclic) bond motifs is 2. The van der Waals surface area contributed by atoms with Gasteiger partial charge in [0.15, 0.2) is 6.29 Å². The zero-order chi connectivity index (χ0) is 14.1. The van der Waals surface area contributed by atoms with Crippen molar-refractivity contribution in [1.29, 1.82) is 0 Å². The highest BCUT2D eigenvalue weighted by Crippen LogP contribution is 2.38. The van der Waals surface area contributed by atoms with Crippen molar-refractivity contribution in [3.05, 3.63) is 71.8 Å². The largest absolute Gasteiger partial charge is 0.350 e. The number of ether oxygens (including phenoxy) is 1. The van der Waals surface area contributed by atoms with Crippen LogP contribution in [0, 0.1) is 0 Å². The molecule has 21 heavy (non-hydrogen) atoms. The van der Waals surface area contributed by atoms with Crippen LogP contribution in [0.15, 0.2) is 60.7 Å². The summed E-state index contributed by atoms with van der Waals surface area (Å²) in [6.07, 6.45) is 0.880. The molecule has 3 heteroatoms. The standard InChI is InChI=1S/C18H19NO2/c1-3-7-14(8-4-1)12-19-17-11-18(21-19)20-13-16(17)15-9-5-2-6-10-15/h1-10,16-18H,11-13H2. The van der Waals surface area contributed by atoms with E-state index < -0.39 is 0 Å². The van der Waals surface area contributed by atoms with Crippen molar-refractivity contribution in [3.63, 3.8) is 0 Å². The van der Waals surface area contributed by atoms with Gasteiger partial charge in [-0.25, -0.2) is 0 Å². The minimum absolute atomic E-state index is 0.0707. The van der Waals surface area contributed by atoms with Gasteiger partial charge < -0.3 is 4.74 Å². The minimum atomic E-state index is -0.0707. The summed E-state index contributed by atoms with van der Waals surface area (Å²) < 4.78 is 5.84. The SMILES string of the molecule is c1ccc(CN2OC3CC2C(c2ccccc2)CO3)cc1. The van der Waals surface area contributed by atoms with Gasteiger partial charge in [0.05, 0.1) is 6.61 Å². The van der Waals surface area contributed by atoms with Crippen LogP contribution in [0.1, 0.15) is 23.5 Å². The fourth-order valence-electron chi connectivity index (χ4n) is 3.31. The normalized spacial score (nSPS) is 28.7. The Labute approximate surface area is 125 Å². The average molecular weight is 281 g/mol. The van der Waals surface area contributed by atoms with E-state index in [9.17, 15) is 0 Å². The third-order valence-corrected chi connectivity index (χ3v) is 4.39. The van der Waals surface area contributed by atoms with E-state index in [2.05, 4.69) is 59.7 Å². The van der Waals surface area contributed by atoms with Crippen LogP contribution in [0.5, 0.6) is 0 Å². The van der Waals surface area contributed by atoms with E-state index in [1.54, 1.807) is 0 Å². The van der Waals surface area contributed by atoms with Crippen LogP contribution in [0.2, 0.25) is 0 Å². The van der Waals surface area contributed by atoms with E-state index in [0.29, 0.717) is 12.0 Å². The Morgan fingerprint density at radius 1 is 0.952 bits per heavy atom. The second-order valence-electron chi connectivity index (χ2n) is 5.75. The van der Waals surface area contributed by atoms with Gasteiger partial charge in [-0.3, -0.25) is 4.84 Å². The van der Waals surface area contributed by atoms with Crippen molar-refractivity contribution >= 4 is 0 Å². The Morgan fingerprint density at radius 2 is 1.67 bits per heavy atom. The Bertz CT molecular complexity index is 585. The number of hydrogen-bond acceptors (Lipinski definition) is 3. The molecule has 0 saturated carbocycles. The molecule has 4 rings (SSSR count). The van der Waals surface area contributed by atoms with E-state index >= 15 is 0 Å². The van der Waals surface area contributed by atoms with Crippen LogP contribution in [-0.4, -0.2) is 24.0 Å². The lowest BCUT2D eigenvalue weighted by Crippen LogP contribution is -2.35. The number of rotatable bonds is 3. The second-order valence-corrected chi connectivity index (χ2v) is 5.75. The Morgan fingerprint density at radius 3 is 2.43 bits per heavy atom.